The van der Waals surface area contributed by atoms with Crippen LogP contribution in [-0.2, 0) is 4.79 Å². The maximum Gasteiger partial charge on any atom is 0.237 e. The molecule has 0 aromatic heterocycles. The second-order valence-corrected chi connectivity index (χ2v) is 5.23. The predicted molar refractivity (Wildman–Crippen MR) is 65.2 cm³/mol. The van der Waals surface area contributed by atoms with E-state index in [2.05, 4.69) is 16.3 Å². The van der Waals surface area contributed by atoms with Gasteiger partial charge in [0, 0.05) is 12.1 Å². The van der Waals surface area contributed by atoms with Gasteiger partial charge in [0.2, 0.25) is 5.91 Å². The topological polar surface area (TPSA) is 56.1 Å². The molecule has 1 N–H and O–H groups in total. The normalized spacial score (nSPS) is 22.4. The quantitative estimate of drug-likeness (QED) is 0.733. The second-order valence-electron chi connectivity index (χ2n) is 5.23. The van der Waals surface area contributed by atoms with Crippen molar-refractivity contribution in [2.75, 3.05) is 6.54 Å². The van der Waals surface area contributed by atoms with E-state index < -0.39 is 0 Å². The first kappa shape index (κ1) is 12.4. The molecule has 1 atom stereocenters. The molecular weight excluding hydrogens is 214 g/mol. The summed E-state index contributed by atoms with van der Waals surface area (Å²) in [4.78, 5) is 14.1. The molecule has 17 heavy (non-hydrogen) atoms. The van der Waals surface area contributed by atoms with E-state index in [1.165, 1.54) is 12.8 Å². The number of carbonyl (C=O) groups is 1. The fourth-order valence-electron chi connectivity index (χ4n) is 2.60. The van der Waals surface area contributed by atoms with E-state index in [4.69, 9.17) is 5.26 Å². The lowest BCUT2D eigenvalue weighted by atomic mass is 10.1. The zero-order valence-corrected chi connectivity index (χ0v) is 10.5. The van der Waals surface area contributed by atoms with E-state index in [0.29, 0.717) is 18.6 Å². The van der Waals surface area contributed by atoms with Gasteiger partial charge < -0.3 is 5.32 Å². The summed E-state index contributed by atoms with van der Waals surface area (Å²) in [6, 6.07) is 2.85. The fraction of sp³-hybridized carbons (Fsp3) is 0.846. The Bertz CT molecular complexity index is 313. The summed E-state index contributed by atoms with van der Waals surface area (Å²) in [6.45, 7) is 2.29. The molecule has 4 nitrogen and oxygen atoms in total. The molecule has 2 rings (SSSR count). The van der Waals surface area contributed by atoms with Gasteiger partial charge in [0.15, 0.2) is 0 Å². The number of nitriles is 1. The van der Waals surface area contributed by atoms with Gasteiger partial charge in [-0.3, -0.25) is 9.69 Å². The molecule has 0 heterocycles. The van der Waals surface area contributed by atoms with Crippen LogP contribution in [0.1, 0.15) is 45.4 Å². The third-order valence-electron chi connectivity index (χ3n) is 3.85. The molecule has 2 aliphatic carbocycles. The average molecular weight is 235 g/mol. The van der Waals surface area contributed by atoms with Gasteiger partial charge in [-0.05, 0) is 32.6 Å². The van der Waals surface area contributed by atoms with E-state index in [1.807, 2.05) is 6.92 Å². The van der Waals surface area contributed by atoms with Gasteiger partial charge in [-0.1, -0.05) is 12.8 Å². The SMILES string of the molecule is CC(C(=O)NC1CC1)N(CC#N)C1CCCC1. The molecule has 2 fully saturated rings. The van der Waals surface area contributed by atoms with Crippen LogP contribution in [0.5, 0.6) is 0 Å². The van der Waals surface area contributed by atoms with E-state index in [9.17, 15) is 4.79 Å². The molecule has 0 bridgehead atoms. The highest BCUT2D eigenvalue weighted by Crippen LogP contribution is 2.25. The van der Waals surface area contributed by atoms with Gasteiger partial charge >= 0.3 is 0 Å². The highest BCUT2D eigenvalue weighted by Gasteiger charge is 2.32. The highest BCUT2D eigenvalue weighted by atomic mass is 16.2. The van der Waals surface area contributed by atoms with Crippen molar-refractivity contribution in [3.8, 4) is 6.07 Å². The first-order valence-corrected chi connectivity index (χ1v) is 6.65. The van der Waals surface area contributed by atoms with Crippen LogP contribution in [0.4, 0.5) is 0 Å². The van der Waals surface area contributed by atoms with Gasteiger partial charge in [0.05, 0.1) is 18.7 Å². The molecule has 2 saturated carbocycles. The monoisotopic (exact) mass is 235 g/mol. The van der Waals surface area contributed by atoms with Crippen LogP contribution in [0.2, 0.25) is 0 Å². The Hall–Kier alpha value is -1.08. The van der Waals surface area contributed by atoms with Crippen LogP contribution in [0, 0.1) is 11.3 Å². The lowest BCUT2D eigenvalue weighted by Gasteiger charge is -2.31. The Morgan fingerprint density at radius 3 is 2.59 bits per heavy atom. The summed E-state index contributed by atoms with van der Waals surface area (Å²) in [5.74, 6) is 0.0923. The lowest BCUT2D eigenvalue weighted by molar-refractivity contribution is -0.126. The van der Waals surface area contributed by atoms with Gasteiger partial charge in [-0.15, -0.1) is 0 Å². The number of hydrogen-bond acceptors (Lipinski definition) is 3. The van der Waals surface area contributed by atoms with Crippen molar-refractivity contribution in [2.45, 2.75) is 63.6 Å². The zero-order chi connectivity index (χ0) is 12.3. The highest BCUT2D eigenvalue weighted by molar-refractivity contribution is 5.82. The van der Waals surface area contributed by atoms with E-state index in [0.717, 1.165) is 25.7 Å². The molecule has 94 valence electrons. The van der Waals surface area contributed by atoms with Crippen LogP contribution < -0.4 is 5.32 Å². The molecule has 4 heteroatoms. The van der Waals surface area contributed by atoms with Crippen molar-refractivity contribution in [3.05, 3.63) is 0 Å². The smallest absolute Gasteiger partial charge is 0.237 e. The molecule has 0 aromatic carbocycles. The molecule has 0 radical (unpaired) electrons. The number of rotatable bonds is 5. The molecule has 0 aromatic rings. The van der Waals surface area contributed by atoms with Crippen LogP contribution in [0.25, 0.3) is 0 Å². The molecule has 1 unspecified atom stereocenters. The number of carbonyl (C=O) groups excluding carboxylic acids is 1. The van der Waals surface area contributed by atoms with Crippen molar-refractivity contribution < 1.29 is 4.79 Å². The van der Waals surface area contributed by atoms with E-state index in [-0.39, 0.29) is 11.9 Å². The van der Waals surface area contributed by atoms with Crippen molar-refractivity contribution in [1.29, 1.82) is 5.26 Å². The number of nitrogens with zero attached hydrogens (tertiary/aromatic N) is 2. The molecular formula is C13H21N3O. The second kappa shape index (κ2) is 5.50. The Kier molecular flexibility index (Phi) is 4.01. The summed E-state index contributed by atoms with van der Waals surface area (Å²) >= 11 is 0. The predicted octanol–water partition coefficient (Wildman–Crippen LogP) is 1.42. The number of nitrogens with one attached hydrogen (secondary N) is 1. The fourth-order valence-corrected chi connectivity index (χ4v) is 2.60. The van der Waals surface area contributed by atoms with E-state index >= 15 is 0 Å². The van der Waals surface area contributed by atoms with Crippen molar-refractivity contribution in [1.82, 2.24) is 10.2 Å². The van der Waals surface area contributed by atoms with Crippen LogP contribution in [-0.4, -0.2) is 35.5 Å². The van der Waals surface area contributed by atoms with Crippen molar-refractivity contribution in [2.24, 2.45) is 0 Å². The number of hydrogen-bond donors (Lipinski definition) is 1. The summed E-state index contributed by atoms with van der Waals surface area (Å²) in [6.07, 6.45) is 6.93. The minimum absolute atomic E-state index is 0.0923. The third-order valence-corrected chi connectivity index (χ3v) is 3.85. The standard InChI is InChI=1S/C13H21N3O/c1-10(13(17)15-11-6-7-11)16(9-8-14)12-4-2-3-5-12/h10-12H,2-7,9H2,1H3,(H,15,17). The molecule has 0 saturated heterocycles. The minimum atomic E-state index is -0.168. The van der Waals surface area contributed by atoms with Crippen molar-refractivity contribution in [3.63, 3.8) is 0 Å². The molecule has 1 amide bonds. The summed E-state index contributed by atoms with van der Waals surface area (Å²) < 4.78 is 0. The van der Waals surface area contributed by atoms with Crippen molar-refractivity contribution >= 4 is 5.91 Å². The Labute approximate surface area is 103 Å². The molecule has 2 aliphatic rings. The van der Waals surface area contributed by atoms with Gasteiger partial charge in [-0.25, -0.2) is 0 Å². The summed E-state index contributed by atoms with van der Waals surface area (Å²) in [5.41, 5.74) is 0. The summed E-state index contributed by atoms with van der Waals surface area (Å²) in [5, 5.41) is 11.9. The van der Waals surface area contributed by atoms with Gasteiger partial charge in [0.1, 0.15) is 0 Å². The van der Waals surface area contributed by atoms with Gasteiger partial charge in [0.25, 0.3) is 0 Å². The summed E-state index contributed by atoms with van der Waals surface area (Å²) in [7, 11) is 0. The first-order valence-electron chi connectivity index (χ1n) is 6.65. The average Bonchev–Trinajstić information content (AvgIpc) is 2.97. The number of amides is 1. The van der Waals surface area contributed by atoms with Crippen LogP contribution in [0.3, 0.4) is 0 Å². The minimum Gasteiger partial charge on any atom is -0.352 e. The Balaban J connectivity index is 1.93. The molecule has 0 spiro atoms. The first-order chi connectivity index (χ1) is 8.22. The Morgan fingerprint density at radius 2 is 2.06 bits per heavy atom. The van der Waals surface area contributed by atoms with Crippen LogP contribution >= 0.6 is 0 Å². The molecule has 0 aliphatic heterocycles. The largest absolute Gasteiger partial charge is 0.352 e. The van der Waals surface area contributed by atoms with Gasteiger partial charge in [-0.2, -0.15) is 5.26 Å². The zero-order valence-electron chi connectivity index (χ0n) is 10.5. The third kappa shape index (κ3) is 3.19. The maximum absolute atomic E-state index is 12.0. The lowest BCUT2D eigenvalue weighted by Crippen LogP contribution is -2.49. The van der Waals surface area contributed by atoms with Crippen LogP contribution in [0.15, 0.2) is 0 Å². The Morgan fingerprint density at radius 1 is 1.41 bits per heavy atom. The van der Waals surface area contributed by atoms with E-state index in [1.54, 1.807) is 0 Å². The maximum atomic E-state index is 12.0.